The van der Waals surface area contributed by atoms with Crippen LogP contribution in [-0.2, 0) is 22.0 Å². The lowest BCUT2D eigenvalue weighted by Gasteiger charge is -2.22. The van der Waals surface area contributed by atoms with Gasteiger partial charge in [-0.3, -0.25) is 4.98 Å². The molecule has 1 aromatic carbocycles. The summed E-state index contributed by atoms with van der Waals surface area (Å²) in [5, 5.41) is 0. The predicted molar refractivity (Wildman–Crippen MR) is 92.9 cm³/mol. The van der Waals surface area contributed by atoms with Gasteiger partial charge in [0.25, 0.3) is 0 Å². The SMILES string of the molecule is Cc1cc(C(C)(C)C)cc(C)c1S(=O)(=O)NCc1ccccn1. The molecule has 0 atom stereocenters. The molecule has 0 unspecified atom stereocenters. The van der Waals surface area contributed by atoms with E-state index in [1.165, 1.54) is 0 Å². The third-order valence-electron chi connectivity index (χ3n) is 3.76. The van der Waals surface area contributed by atoms with Crippen molar-refractivity contribution in [2.45, 2.75) is 51.5 Å². The molecule has 2 aromatic rings. The lowest BCUT2D eigenvalue weighted by molar-refractivity contribution is 0.575. The minimum absolute atomic E-state index is 0.0147. The van der Waals surface area contributed by atoms with Crippen LogP contribution in [0.3, 0.4) is 0 Å². The lowest BCUT2D eigenvalue weighted by atomic mass is 9.85. The largest absolute Gasteiger partial charge is 0.260 e. The summed E-state index contributed by atoms with van der Waals surface area (Å²) >= 11 is 0. The fourth-order valence-corrected chi connectivity index (χ4v) is 4.00. The Bertz CT molecular complexity index is 769. The second kappa shape index (κ2) is 6.42. The molecule has 1 N–H and O–H groups in total. The zero-order valence-electron chi connectivity index (χ0n) is 14.3. The molecular weight excluding hydrogens is 308 g/mol. The molecule has 23 heavy (non-hydrogen) atoms. The van der Waals surface area contributed by atoms with Crippen LogP contribution in [0.25, 0.3) is 0 Å². The minimum atomic E-state index is -3.57. The van der Waals surface area contributed by atoms with E-state index in [1.54, 1.807) is 18.3 Å². The maximum Gasteiger partial charge on any atom is 0.241 e. The smallest absolute Gasteiger partial charge is 0.241 e. The quantitative estimate of drug-likeness (QED) is 0.932. The molecule has 0 aliphatic carbocycles. The number of aromatic nitrogens is 1. The monoisotopic (exact) mass is 332 g/mol. The Morgan fingerprint density at radius 1 is 1.09 bits per heavy atom. The van der Waals surface area contributed by atoms with Gasteiger partial charge in [0.1, 0.15) is 0 Å². The Morgan fingerprint density at radius 2 is 1.70 bits per heavy atom. The Morgan fingerprint density at radius 3 is 2.17 bits per heavy atom. The molecule has 0 bridgehead atoms. The molecule has 0 saturated heterocycles. The first kappa shape index (κ1) is 17.6. The highest BCUT2D eigenvalue weighted by Gasteiger charge is 2.23. The third kappa shape index (κ3) is 4.18. The third-order valence-corrected chi connectivity index (χ3v) is 5.47. The average Bonchev–Trinajstić information content (AvgIpc) is 2.44. The number of rotatable bonds is 4. The van der Waals surface area contributed by atoms with Gasteiger partial charge in [-0.25, -0.2) is 13.1 Å². The number of benzene rings is 1. The minimum Gasteiger partial charge on any atom is -0.260 e. The molecule has 0 spiro atoms. The van der Waals surface area contributed by atoms with Crippen molar-refractivity contribution in [2.24, 2.45) is 0 Å². The van der Waals surface area contributed by atoms with Gasteiger partial charge in [0.2, 0.25) is 10.0 Å². The van der Waals surface area contributed by atoms with Crippen molar-refractivity contribution in [2.75, 3.05) is 0 Å². The maximum absolute atomic E-state index is 12.7. The van der Waals surface area contributed by atoms with E-state index in [-0.39, 0.29) is 12.0 Å². The molecule has 0 aliphatic heterocycles. The predicted octanol–water partition coefficient (Wildman–Crippen LogP) is 3.47. The molecule has 1 heterocycles. The Labute approximate surface area is 139 Å². The average molecular weight is 332 g/mol. The van der Waals surface area contributed by atoms with Crippen molar-refractivity contribution in [1.29, 1.82) is 0 Å². The van der Waals surface area contributed by atoms with E-state index < -0.39 is 10.0 Å². The molecule has 124 valence electrons. The van der Waals surface area contributed by atoms with Crippen LogP contribution in [0.5, 0.6) is 0 Å². The first-order valence-electron chi connectivity index (χ1n) is 7.62. The van der Waals surface area contributed by atoms with Gasteiger partial charge in [0.05, 0.1) is 17.1 Å². The van der Waals surface area contributed by atoms with Crippen LogP contribution in [0.15, 0.2) is 41.4 Å². The number of pyridine rings is 1. The molecule has 4 nitrogen and oxygen atoms in total. The van der Waals surface area contributed by atoms with Gasteiger partial charge in [-0.2, -0.15) is 0 Å². The summed E-state index contributed by atoms with van der Waals surface area (Å²) in [7, 11) is -3.57. The normalized spacial score (nSPS) is 12.4. The summed E-state index contributed by atoms with van der Waals surface area (Å²) < 4.78 is 28.0. The van der Waals surface area contributed by atoms with E-state index in [0.29, 0.717) is 10.6 Å². The van der Waals surface area contributed by atoms with E-state index >= 15 is 0 Å². The zero-order valence-corrected chi connectivity index (χ0v) is 15.2. The van der Waals surface area contributed by atoms with Crippen molar-refractivity contribution in [3.63, 3.8) is 0 Å². The fraction of sp³-hybridized carbons (Fsp3) is 0.389. The van der Waals surface area contributed by atoms with E-state index in [1.807, 2.05) is 32.0 Å². The highest BCUT2D eigenvalue weighted by atomic mass is 32.2. The van der Waals surface area contributed by atoms with Gasteiger partial charge in [-0.05, 0) is 48.1 Å². The summed E-state index contributed by atoms with van der Waals surface area (Å²) in [4.78, 5) is 4.50. The molecule has 0 amide bonds. The van der Waals surface area contributed by atoms with Gasteiger partial charge in [0.15, 0.2) is 0 Å². The fourth-order valence-electron chi connectivity index (χ4n) is 2.55. The van der Waals surface area contributed by atoms with Crippen LogP contribution >= 0.6 is 0 Å². The van der Waals surface area contributed by atoms with Crippen molar-refractivity contribution >= 4 is 10.0 Å². The zero-order chi connectivity index (χ0) is 17.3. The summed E-state index contributed by atoms with van der Waals surface area (Å²) in [6, 6.07) is 9.36. The first-order chi connectivity index (χ1) is 10.6. The number of hydrogen-bond donors (Lipinski definition) is 1. The Balaban J connectivity index is 2.33. The van der Waals surface area contributed by atoms with Gasteiger partial charge in [-0.15, -0.1) is 0 Å². The van der Waals surface area contributed by atoms with Crippen LogP contribution in [0.2, 0.25) is 0 Å². The maximum atomic E-state index is 12.7. The van der Waals surface area contributed by atoms with Crippen LogP contribution in [0.1, 0.15) is 43.2 Å². The van der Waals surface area contributed by atoms with Gasteiger partial charge >= 0.3 is 0 Å². The van der Waals surface area contributed by atoms with E-state index in [0.717, 1.165) is 16.7 Å². The van der Waals surface area contributed by atoms with Crippen LogP contribution in [0, 0.1) is 13.8 Å². The van der Waals surface area contributed by atoms with Crippen molar-refractivity contribution < 1.29 is 8.42 Å². The second-order valence-corrected chi connectivity index (χ2v) is 8.54. The Hall–Kier alpha value is -1.72. The van der Waals surface area contributed by atoms with E-state index in [4.69, 9.17) is 0 Å². The molecule has 5 heteroatoms. The molecule has 1 aromatic heterocycles. The van der Waals surface area contributed by atoms with Crippen LogP contribution < -0.4 is 4.72 Å². The number of nitrogens with zero attached hydrogens (tertiary/aromatic N) is 1. The highest BCUT2D eigenvalue weighted by molar-refractivity contribution is 7.89. The standard InChI is InChI=1S/C18H24N2O2S/c1-13-10-15(18(3,4)5)11-14(2)17(13)23(21,22)20-12-16-8-6-7-9-19-16/h6-11,20H,12H2,1-5H3. The summed E-state index contributed by atoms with van der Waals surface area (Å²) in [6.45, 7) is 10.2. The molecule has 0 radical (unpaired) electrons. The summed E-state index contributed by atoms with van der Waals surface area (Å²) in [5.41, 5.74) is 3.35. The molecular formula is C18H24N2O2S. The van der Waals surface area contributed by atoms with Crippen molar-refractivity contribution in [1.82, 2.24) is 9.71 Å². The number of sulfonamides is 1. The highest BCUT2D eigenvalue weighted by Crippen LogP contribution is 2.29. The summed E-state index contributed by atoms with van der Waals surface area (Å²) in [5.74, 6) is 0. The topological polar surface area (TPSA) is 59.1 Å². The molecule has 0 saturated carbocycles. The molecule has 2 rings (SSSR count). The summed E-state index contributed by atoms with van der Waals surface area (Å²) in [6.07, 6.45) is 1.65. The van der Waals surface area contributed by atoms with E-state index in [2.05, 4.69) is 30.5 Å². The van der Waals surface area contributed by atoms with Crippen molar-refractivity contribution in [3.8, 4) is 0 Å². The van der Waals surface area contributed by atoms with E-state index in [9.17, 15) is 8.42 Å². The van der Waals surface area contributed by atoms with Crippen LogP contribution in [-0.4, -0.2) is 13.4 Å². The van der Waals surface area contributed by atoms with Gasteiger partial charge < -0.3 is 0 Å². The second-order valence-electron chi connectivity index (χ2n) is 6.83. The number of hydrogen-bond acceptors (Lipinski definition) is 3. The number of nitrogens with one attached hydrogen (secondary N) is 1. The van der Waals surface area contributed by atoms with Gasteiger partial charge in [0, 0.05) is 6.20 Å². The molecule has 0 fully saturated rings. The van der Waals surface area contributed by atoms with Crippen LogP contribution in [0.4, 0.5) is 0 Å². The van der Waals surface area contributed by atoms with Gasteiger partial charge in [-0.1, -0.05) is 39.0 Å². The lowest BCUT2D eigenvalue weighted by Crippen LogP contribution is -2.25. The van der Waals surface area contributed by atoms with Crippen molar-refractivity contribution in [3.05, 3.63) is 58.9 Å². The number of aryl methyl sites for hydroxylation is 2. The first-order valence-corrected chi connectivity index (χ1v) is 9.11. The Kier molecular flexibility index (Phi) is 4.92. The molecule has 0 aliphatic rings.